The van der Waals surface area contributed by atoms with Crippen LogP contribution in [0.2, 0.25) is 0 Å². The molecule has 2 unspecified atom stereocenters. The summed E-state index contributed by atoms with van der Waals surface area (Å²) in [4.78, 5) is 14.0. The van der Waals surface area contributed by atoms with E-state index in [9.17, 15) is 4.79 Å². The van der Waals surface area contributed by atoms with Crippen molar-refractivity contribution in [1.29, 1.82) is 0 Å². The van der Waals surface area contributed by atoms with Crippen LogP contribution in [-0.2, 0) is 9.53 Å². The van der Waals surface area contributed by atoms with E-state index < -0.39 is 0 Å². The molecule has 1 N–H and O–H groups in total. The molecule has 0 spiro atoms. The monoisotopic (exact) mass is 238 g/mol. The zero-order valence-corrected chi connectivity index (χ0v) is 10.4. The summed E-state index contributed by atoms with van der Waals surface area (Å²) >= 11 is 0. The smallest absolute Gasteiger partial charge is 0.237 e. The number of amides is 1. The highest BCUT2D eigenvalue weighted by molar-refractivity contribution is 5.80. The lowest BCUT2D eigenvalue weighted by atomic mass is 10.0. The second-order valence-corrected chi connectivity index (χ2v) is 5.65. The molecular weight excluding hydrogens is 216 g/mol. The maximum Gasteiger partial charge on any atom is 0.237 e. The highest BCUT2D eigenvalue weighted by atomic mass is 16.5. The number of hydrogen-bond acceptors (Lipinski definition) is 3. The van der Waals surface area contributed by atoms with Crippen molar-refractivity contribution in [2.75, 3.05) is 26.3 Å². The Morgan fingerprint density at radius 2 is 2.12 bits per heavy atom. The molecule has 1 saturated carbocycles. The number of rotatable bonds is 3. The minimum Gasteiger partial charge on any atom is -0.381 e. The lowest BCUT2D eigenvalue weighted by Gasteiger charge is -2.30. The second kappa shape index (κ2) is 4.94. The van der Waals surface area contributed by atoms with Crippen molar-refractivity contribution < 1.29 is 9.53 Å². The number of carbonyl (C=O) groups excluding carboxylic acids is 1. The van der Waals surface area contributed by atoms with Crippen LogP contribution in [0.15, 0.2) is 0 Å². The van der Waals surface area contributed by atoms with Crippen LogP contribution in [-0.4, -0.2) is 43.3 Å². The Labute approximate surface area is 103 Å². The molecule has 1 amide bonds. The molecular formula is C13H22N2O2. The highest BCUT2D eigenvalue weighted by Crippen LogP contribution is 2.31. The van der Waals surface area contributed by atoms with Gasteiger partial charge in [-0.3, -0.25) is 10.1 Å². The molecule has 3 aliphatic rings. The molecule has 0 radical (unpaired) electrons. The van der Waals surface area contributed by atoms with Gasteiger partial charge in [0.2, 0.25) is 5.91 Å². The maximum absolute atomic E-state index is 12.0. The molecule has 0 bridgehead atoms. The predicted octanol–water partition coefficient (Wildman–Crippen LogP) is 0.971. The van der Waals surface area contributed by atoms with Crippen LogP contribution in [0.1, 0.15) is 32.1 Å². The molecule has 0 aromatic heterocycles. The quantitative estimate of drug-likeness (QED) is 0.796. The Morgan fingerprint density at radius 1 is 1.29 bits per heavy atom. The fourth-order valence-electron chi connectivity index (χ4n) is 3.47. The topological polar surface area (TPSA) is 41.6 Å². The molecule has 3 rings (SSSR count). The summed E-state index contributed by atoms with van der Waals surface area (Å²) in [5, 5.41) is 3.41. The van der Waals surface area contributed by atoms with Crippen molar-refractivity contribution in [1.82, 2.24) is 10.2 Å². The fourth-order valence-corrected chi connectivity index (χ4v) is 3.47. The van der Waals surface area contributed by atoms with Gasteiger partial charge in [-0.15, -0.1) is 0 Å². The molecule has 2 atom stereocenters. The zero-order chi connectivity index (χ0) is 11.7. The summed E-state index contributed by atoms with van der Waals surface area (Å²) < 4.78 is 5.40. The Kier molecular flexibility index (Phi) is 3.34. The predicted molar refractivity (Wildman–Crippen MR) is 64.4 cm³/mol. The summed E-state index contributed by atoms with van der Waals surface area (Å²) in [7, 11) is 0. The van der Waals surface area contributed by atoms with Crippen LogP contribution in [0, 0.1) is 11.8 Å². The first-order valence-electron chi connectivity index (χ1n) is 6.95. The molecule has 4 nitrogen and oxygen atoms in total. The van der Waals surface area contributed by atoms with Gasteiger partial charge in [0, 0.05) is 19.1 Å². The van der Waals surface area contributed by atoms with E-state index in [1.807, 2.05) is 0 Å². The normalized spacial score (nSPS) is 35.1. The third-order valence-corrected chi connectivity index (χ3v) is 4.44. The van der Waals surface area contributed by atoms with E-state index in [1.165, 1.54) is 25.7 Å². The fraction of sp³-hybridized carbons (Fsp3) is 0.923. The number of ether oxygens (including phenoxy) is 1. The Morgan fingerprint density at radius 3 is 2.82 bits per heavy atom. The number of nitrogens with zero attached hydrogens (tertiary/aromatic N) is 1. The summed E-state index contributed by atoms with van der Waals surface area (Å²) in [6.45, 7) is 3.14. The Balaban J connectivity index is 1.63. The van der Waals surface area contributed by atoms with Crippen molar-refractivity contribution >= 4 is 5.91 Å². The first kappa shape index (κ1) is 11.5. The molecule has 2 heterocycles. The largest absolute Gasteiger partial charge is 0.381 e. The average molecular weight is 238 g/mol. The summed E-state index contributed by atoms with van der Waals surface area (Å²) in [6, 6.07) is 0. The molecule has 17 heavy (non-hydrogen) atoms. The van der Waals surface area contributed by atoms with E-state index in [1.54, 1.807) is 0 Å². The van der Waals surface area contributed by atoms with Gasteiger partial charge in [-0.25, -0.2) is 0 Å². The molecule has 96 valence electrons. The third kappa shape index (κ3) is 2.33. The summed E-state index contributed by atoms with van der Waals surface area (Å²) in [5.41, 5.74) is 0. The van der Waals surface area contributed by atoms with Crippen LogP contribution in [0.25, 0.3) is 0 Å². The number of hydrogen-bond donors (Lipinski definition) is 1. The van der Waals surface area contributed by atoms with Gasteiger partial charge >= 0.3 is 0 Å². The second-order valence-electron chi connectivity index (χ2n) is 5.65. The molecule has 2 aliphatic heterocycles. The molecule has 0 aromatic carbocycles. The van der Waals surface area contributed by atoms with Gasteiger partial charge in [0.1, 0.15) is 0 Å². The lowest BCUT2D eigenvalue weighted by molar-refractivity contribution is -0.129. The van der Waals surface area contributed by atoms with Crippen molar-refractivity contribution in [2.45, 2.75) is 38.3 Å². The van der Waals surface area contributed by atoms with Crippen molar-refractivity contribution in [2.24, 2.45) is 11.8 Å². The van der Waals surface area contributed by atoms with Gasteiger partial charge in [-0.1, -0.05) is 12.8 Å². The third-order valence-electron chi connectivity index (χ3n) is 4.44. The van der Waals surface area contributed by atoms with Crippen molar-refractivity contribution in [3.05, 3.63) is 0 Å². The SMILES string of the molecule is O=C1CNC(C2CCCC2)N1CC1CCOC1. The van der Waals surface area contributed by atoms with Gasteiger partial charge in [0.15, 0.2) is 0 Å². The average Bonchev–Trinajstić information content (AvgIpc) is 3.03. The van der Waals surface area contributed by atoms with Crippen LogP contribution in [0.5, 0.6) is 0 Å². The first-order valence-corrected chi connectivity index (χ1v) is 6.95. The van der Waals surface area contributed by atoms with Gasteiger partial charge in [0.25, 0.3) is 0 Å². The van der Waals surface area contributed by atoms with Gasteiger partial charge in [-0.2, -0.15) is 0 Å². The van der Waals surface area contributed by atoms with E-state index in [0.717, 1.165) is 26.2 Å². The summed E-state index contributed by atoms with van der Waals surface area (Å²) in [6.07, 6.45) is 6.65. The minimum atomic E-state index is 0.286. The minimum absolute atomic E-state index is 0.286. The van der Waals surface area contributed by atoms with E-state index in [-0.39, 0.29) is 5.91 Å². The van der Waals surface area contributed by atoms with Crippen LogP contribution in [0.4, 0.5) is 0 Å². The van der Waals surface area contributed by atoms with Crippen LogP contribution < -0.4 is 5.32 Å². The van der Waals surface area contributed by atoms with E-state index in [0.29, 0.717) is 24.5 Å². The molecule has 2 saturated heterocycles. The van der Waals surface area contributed by atoms with Crippen molar-refractivity contribution in [3.63, 3.8) is 0 Å². The van der Waals surface area contributed by atoms with Gasteiger partial charge in [0.05, 0.1) is 19.3 Å². The van der Waals surface area contributed by atoms with Crippen molar-refractivity contribution in [3.8, 4) is 0 Å². The van der Waals surface area contributed by atoms with Gasteiger partial charge in [-0.05, 0) is 25.2 Å². The molecule has 3 fully saturated rings. The molecule has 0 aromatic rings. The maximum atomic E-state index is 12.0. The summed E-state index contributed by atoms with van der Waals surface area (Å²) in [5.74, 6) is 1.53. The van der Waals surface area contributed by atoms with E-state index >= 15 is 0 Å². The number of carbonyl (C=O) groups is 1. The zero-order valence-electron chi connectivity index (χ0n) is 10.4. The number of nitrogens with one attached hydrogen (secondary N) is 1. The standard InChI is InChI=1S/C13H22N2O2/c16-12-7-14-13(11-3-1-2-4-11)15(12)8-10-5-6-17-9-10/h10-11,13-14H,1-9H2. The van der Waals surface area contributed by atoms with Crippen LogP contribution in [0.3, 0.4) is 0 Å². The van der Waals surface area contributed by atoms with E-state index in [4.69, 9.17) is 4.74 Å². The molecule has 1 aliphatic carbocycles. The first-order chi connectivity index (χ1) is 8.34. The van der Waals surface area contributed by atoms with Gasteiger partial charge < -0.3 is 9.64 Å². The Bertz CT molecular complexity index is 283. The van der Waals surface area contributed by atoms with E-state index in [2.05, 4.69) is 10.2 Å². The lowest BCUT2D eigenvalue weighted by Crippen LogP contribution is -2.44. The highest BCUT2D eigenvalue weighted by Gasteiger charge is 2.38. The van der Waals surface area contributed by atoms with Crippen LogP contribution >= 0.6 is 0 Å². The molecule has 4 heteroatoms. The Hall–Kier alpha value is -0.610.